The van der Waals surface area contributed by atoms with E-state index in [0.29, 0.717) is 6.54 Å². The molecule has 9 heteroatoms. The van der Waals surface area contributed by atoms with Gasteiger partial charge in [0.05, 0.1) is 6.54 Å². The van der Waals surface area contributed by atoms with Gasteiger partial charge in [0.2, 0.25) is 0 Å². The maximum atomic E-state index is 5.38. The van der Waals surface area contributed by atoms with Gasteiger partial charge in [0.1, 0.15) is 12.4 Å². The molecule has 0 radical (unpaired) electrons. The maximum Gasteiger partial charge on any atom is 0.192 e. The summed E-state index contributed by atoms with van der Waals surface area (Å²) in [6.45, 7) is 9.64. The number of guanidine groups is 1. The molecule has 0 fully saturated rings. The molecule has 146 valence electrons. The highest BCUT2D eigenvalue weighted by Gasteiger charge is 2.06. The number of nitrogens with one attached hydrogen (secondary N) is 2. The van der Waals surface area contributed by atoms with Gasteiger partial charge >= 0.3 is 0 Å². The van der Waals surface area contributed by atoms with Gasteiger partial charge in [-0.25, -0.2) is 4.99 Å². The molecule has 2 aromatic heterocycles. The van der Waals surface area contributed by atoms with Crippen molar-refractivity contribution >= 4 is 41.3 Å². The van der Waals surface area contributed by atoms with Crippen LogP contribution >= 0.6 is 35.3 Å². The fourth-order valence-corrected chi connectivity index (χ4v) is 3.03. The lowest BCUT2D eigenvalue weighted by atomic mass is 10.3. The number of nitrogens with zero attached hydrogens (tertiary/aromatic N) is 4. The first-order chi connectivity index (χ1) is 12.1. The lowest BCUT2D eigenvalue weighted by Gasteiger charge is -2.12. The van der Waals surface area contributed by atoms with Gasteiger partial charge in [0, 0.05) is 31.7 Å². The second-order valence-corrected chi connectivity index (χ2v) is 6.75. The van der Waals surface area contributed by atoms with Gasteiger partial charge in [0.25, 0.3) is 0 Å². The lowest BCUT2D eigenvalue weighted by molar-refractivity contribution is 0.145. The van der Waals surface area contributed by atoms with Gasteiger partial charge in [-0.3, -0.25) is 0 Å². The number of ether oxygens (including phenoxy) is 1. The number of aromatic nitrogens is 3. The van der Waals surface area contributed by atoms with Crippen molar-refractivity contribution in [2.75, 3.05) is 19.8 Å². The van der Waals surface area contributed by atoms with Crippen molar-refractivity contribution < 1.29 is 4.74 Å². The maximum absolute atomic E-state index is 5.38. The molecule has 7 nitrogen and oxygen atoms in total. The zero-order chi connectivity index (χ0) is 18.1. The van der Waals surface area contributed by atoms with Crippen LogP contribution in [0.1, 0.15) is 35.4 Å². The third kappa shape index (κ3) is 7.20. The Morgan fingerprint density at radius 2 is 2.12 bits per heavy atom. The summed E-state index contributed by atoms with van der Waals surface area (Å²) in [6, 6.07) is 2.14. The van der Waals surface area contributed by atoms with E-state index in [4.69, 9.17) is 4.74 Å². The molecule has 0 atom stereocenters. The standard InChI is InChI=1S/C17H28N6OS.HI/c1-5-24-9-6-8-18-17(19-11-15-13(2)7-10-25-15)20-12-16-22-21-14(3)23(16)4;/h7,10H,5-6,8-9,11-12H2,1-4H3,(H2,18,19,20);1H. The van der Waals surface area contributed by atoms with E-state index in [9.17, 15) is 0 Å². The van der Waals surface area contributed by atoms with Crippen LogP contribution in [0, 0.1) is 13.8 Å². The monoisotopic (exact) mass is 492 g/mol. The van der Waals surface area contributed by atoms with Crippen molar-refractivity contribution in [1.29, 1.82) is 0 Å². The molecular weight excluding hydrogens is 463 g/mol. The Morgan fingerprint density at radius 3 is 2.73 bits per heavy atom. The number of halogens is 1. The molecule has 0 saturated carbocycles. The van der Waals surface area contributed by atoms with Crippen molar-refractivity contribution in [3.05, 3.63) is 33.5 Å². The van der Waals surface area contributed by atoms with E-state index < -0.39 is 0 Å². The van der Waals surface area contributed by atoms with Crippen LogP contribution in [0.4, 0.5) is 0 Å². The van der Waals surface area contributed by atoms with Gasteiger partial charge in [-0.2, -0.15) is 0 Å². The number of aryl methyl sites for hydroxylation is 2. The minimum absolute atomic E-state index is 0. The molecule has 2 N–H and O–H groups in total. The molecule has 0 spiro atoms. The Labute approximate surface area is 176 Å². The van der Waals surface area contributed by atoms with E-state index in [1.54, 1.807) is 11.3 Å². The summed E-state index contributed by atoms with van der Waals surface area (Å²) in [5.74, 6) is 2.52. The van der Waals surface area contributed by atoms with Crippen molar-refractivity contribution in [3.8, 4) is 0 Å². The molecule has 0 aliphatic carbocycles. The lowest BCUT2D eigenvalue weighted by Crippen LogP contribution is -2.37. The Hall–Kier alpha value is -1.20. The highest BCUT2D eigenvalue weighted by molar-refractivity contribution is 14.0. The molecule has 0 unspecified atom stereocenters. The van der Waals surface area contributed by atoms with E-state index in [-0.39, 0.29) is 24.0 Å². The van der Waals surface area contributed by atoms with Crippen LogP contribution in [0.15, 0.2) is 16.4 Å². The van der Waals surface area contributed by atoms with Crippen molar-refractivity contribution in [3.63, 3.8) is 0 Å². The highest BCUT2D eigenvalue weighted by atomic mass is 127. The van der Waals surface area contributed by atoms with Crippen LogP contribution in [0.3, 0.4) is 0 Å². The zero-order valence-electron chi connectivity index (χ0n) is 15.9. The number of aliphatic imine (C=N–C) groups is 1. The minimum Gasteiger partial charge on any atom is -0.382 e. The summed E-state index contributed by atoms with van der Waals surface area (Å²) >= 11 is 1.75. The Morgan fingerprint density at radius 1 is 1.31 bits per heavy atom. The fourth-order valence-electron chi connectivity index (χ4n) is 2.19. The first-order valence-corrected chi connectivity index (χ1v) is 9.47. The molecule has 2 aromatic rings. The topological polar surface area (TPSA) is 76.4 Å². The third-order valence-electron chi connectivity index (χ3n) is 3.91. The normalized spacial score (nSPS) is 11.3. The number of hydrogen-bond donors (Lipinski definition) is 2. The highest BCUT2D eigenvalue weighted by Crippen LogP contribution is 2.14. The predicted octanol–water partition coefficient (Wildman–Crippen LogP) is 2.77. The van der Waals surface area contributed by atoms with Crippen LogP contribution in [0.25, 0.3) is 0 Å². The Bertz CT molecular complexity index is 685. The molecule has 0 aliphatic rings. The quantitative estimate of drug-likeness (QED) is 0.244. The summed E-state index contributed by atoms with van der Waals surface area (Å²) in [4.78, 5) is 5.97. The molecule has 2 rings (SSSR count). The predicted molar refractivity (Wildman–Crippen MR) is 117 cm³/mol. The molecule has 0 aliphatic heterocycles. The van der Waals surface area contributed by atoms with Crippen molar-refractivity contribution in [2.45, 2.75) is 40.3 Å². The molecule has 2 heterocycles. The molecular formula is C17H29IN6OS. The smallest absolute Gasteiger partial charge is 0.192 e. The molecule has 0 amide bonds. The first kappa shape index (κ1) is 22.8. The van der Waals surface area contributed by atoms with Crippen LogP contribution < -0.4 is 10.6 Å². The van der Waals surface area contributed by atoms with E-state index in [2.05, 4.69) is 44.2 Å². The average Bonchev–Trinajstić information content (AvgIpc) is 3.16. The molecule has 0 aromatic carbocycles. The largest absolute Gasteiger partial charge is 0.382 e. The van der Waals surface area contributed by atoms with Gasteiger partial charge < -0.3 is 19.9 Å². The van der Waals surface area contributed by atoms with Gasteiger partial charge in [-0.1, -0.05) is 0 Å². The van der Waals surface area contributed by atoms with E-state index >= 15 is 0 Å². The van der Waals surface area contributed by atoms with E-state index in [1.807, 2.05) is 25.5 Å². The van der Waals surface area contributed by atoms with Crippen LogP contribution in [0.5, 0.6) is 0 Å². The molecule has 0 bridgehead atoms. The summed E-state index contributed by atoms with van der Waals surface area (Å²) in [5.41, 5.74) is 1.30. The summed E-state index contributed by atoms with van der Waals surface area (Å²) < 4.78 is 7.34. The zero-order valence-corrected chi connectivity index (χ0v) is 19.1. The van der Waals surface area contributed by atoms with Crippen LogP contribution in [0.2, 0.25) is 0 Å². The molecule has 0 saturated heterocycles. The van der Waals surface area contributed by atoms with E-state index in [1.165, 1.54) is 10.4 Å². The number of hydrogen-bond acceptors (Lipinski definition) is 5. The van der Waals surface area contributed by atoms with Crippen LogP contribution in [-0.2, 0) is 24.9 Å². The van der Waals surface area contributed by atoms with Crippen LogP contribution in [-0.4, -0.2) is 40.5 Å². The third-order valence-corrected chi connectivity index (χ3v) is 4.93. The first-order valence-electron chi connectivity index (χ1n) is 8.59. The summed E-state index contributed by atoms with van der Waals surface area (Å²) in [5, 5.41) is 17.1. The van der Waals surface area contributed by atoms with Crippen molar-refractivity contribution in [1.82, 2.24) is 25.4 Å². The second kappa shape index (κ2) is 12.2. The number of thiophene rings is 1. The molecule has 26 heavy (non-hydrogen) atoms. The Kier molecular flexibility index (Phi) is 10.7. The average molecular weight is 492 g/mol. The number of rotatable bonds is 9. The van der Waals surface area contributed by atoms with E-state index in [0.717, 1.165) is 50.3 Å². The second-order valence-electron chi connectivity index (χ2n) is 5.74. The summed E-state index contributed by atoms with van der Waals surface area (Å²) in [6.07, 6.45) is 0.940. The van der Waals surface area contributed by atoms with Crippen molar-refractivity contribution in [2.24, 2.45) is 12.0 Å². The summed E-state index contributed by atoms with van der Waals surface area (Å²) in [7, 11) is 1.96. The fraction of sp³-hybridized carbons (Fsp3) is 0.588. The Balaban J connectivity index is 0.00000338. The van der Waals surface area contributed by atoms with Gasteiger partial charge in [-0.05, 0) is 44.2 Å². The SMILES string of the molecule is CCOCCCNC(=NCc1nnc(C)n1C)NCc1sccc1C.I. The van der Waals surface area contributed by atoms with Gasteiger partial charge in [-0.15, -0.1) is 45.5 Å². The minimum atomic E-state index is 0. The van der Waals surface area contributed by atoms with Gasteiger partial charge in [0.15, 0.2) is 11.8 Å².